The highest BCUT2D eigenvalue weighted by Crippen LogP contribution is 2.34. The number of thiazole rings is 1. The molecule has 0 aliphatic carbocycles. The van der Waals surface area contributed by atoms with Gasteiger partial charge in [-0.05, 0) is 73.6 Å². The first kappa shape index (κ1) is 29.8. The maximum absolute atomic E-state index is 13.8. The minimum absolute atomic E-state index is 0. The third kappa shape index (κ3) is 5.81. The van der Waals surface area contributed by atoms with Crippen LogP contribution in [0.25, 0.3) is 10.2 Å². The maximum atomic E-state index is 13.8. The molecule has 4 aromatic rings. The van der Waals surface area contributed by atoms with Crippen molar-refractivity contribution in [3.63, 3.8) is 0 Å². The molecule has 1 amide bonds. The Kier molecular flexibility index (Phi) is 9.35. The highest BCUT2D eigenvalue weighted by atomic mass is 35.5. The van der Waals surface area contributed by atoms with Crippen LogP contribution in [0.15, 0.2) is 71.6 Å². The van der Waals surface area contributed by atoms with Crippen LogP contribution in [-0.2, 0) is 16.4 Å². The summed E-state index contributed by atoms with van der Waals surface area (Å²) in [6.07, 6.45) is 0.682. The van der Waals surface area contributed by atoms with Crippen LogP contribution >= 0.6 is 23.7 Å². The number of amides is 1. The van der Waals surface area contributed by atoms with Crippen molar-refractivity contribution in [2.75, 3.05) is 49.0 Å². The number of para-hydroxylation sites is 1. The van der Waals surface area contributed by atoms with Crippen molar-refractivity contribution in [3.05, 3.63) is 77.9 Å². The number of hydrogen-bond donors (Lipinski definition) is 0. The summed E-state index contributed by atoms with van der Waals surface area (Å²) >= 11 is 1.44. The molecule has 0 saturated carbocycles. The quantitative estimate of drug-likeness (QED) is 0.240. The number of likely N-dealkylation sites (N-methyl/N-ethyl adjacent to an activating group) is 1. The van der Waals surface area contributed by atoms with E-state index >= 15 is 0 Å². The number of sulfonamides is 1. The molecule has 2 heterocycles. The summed E-state index contributed by atoms with van der Waals surface area (Å²) < 4.78 is 34.6. The zero-order chi connectivity index (χ0) is 27.6. The summed E-state index contributed by atoms with van der Waals surface area (Å²) in [5.41, 5.74) is 2.94. The van der Waals surface area contributed by atoms with Crippen LogP contribution in [0.3, 0.4) is 0 Å². The molecule has 0 bridgehead atoms. The second-order valence-corrected chi connectivity index (χ2v) is 12.2. The van der Waals surface area contributed by atoms with Gasteiger partial charge in [-0.1, -0.05) is 43.4 Å². The van der Waals surface area contributed by atoms with E-state index in [4.69, 9.17) is 9.72 Å². The van der Waals surface area contributed by atoms with Crippen LogP contribution in [0.2, 0.25) is 0 Å². The second kappa shape index (κ2) is 12.6. The number of aromatic nitrogens is 1. The Morgan fingerprint density at radius 3 is 2.45 bits per heavy atom. The van der Waals surface area contributed by atoms with E-state index in [1.54, 1.807) is 24.1 Å². The molecular formula is C29H33ClN4O4S2. The van der Waals surface area contributed by atoms with E-state index in [9.17, 15) is 13.2 Å². The SMILES string of the molecule is CCN(CC)CCN(C(=O)c1ccc(S(=O)(=O)N2CCc3ccccc32)cc1)c1nc2ccc(OC)cc2s1.Cl. The Balaban J connectivity index is 0.00000370. The number of hydrogen-bond acceptors (Lipinski definition) is 7. The molecule has 1 aliphatic heterocycles. The number of ether oxygens (including phenoxy) is 1. The fourth-order valence-corrected chi connectivity index (χ4v) is 7.33. The van der Waals surface area contributed by atoms with Crippen LogP contribution < -0.4 is 13.9 Å². The van der Waals surface area contributed by atoms with Crippen molar-refractivity contribution in [3.8, 4) is 5.75 Å². The van der Waals surface area contributed by atoms with E-state index in [1.165, 1.54) is 27.8 Å². The van der Waals surface area contributed by atoms with E-state index in [0.717, 1.165) is 34.6 Å². The van der Waals surface area contributed by atoms with Gasteiger partial charge in [0.05, 0.1) is 27.9 Å². The predicted octanol–water partition coefficient (Wildman–Crippen LogP) is 5.47. The monoisotopic (exact) mass is 600 g/mol. The van der Waals surface area contributed by atoms with Crippen molar-refractivity contribution in [1.29, 1.82) is 0 Å². The van der Waals surface area contributed by atoms with Crippen LogP contribution in [0.1, 0.15) is 29.8 Å². The Morgan fingerprint density at radius 1 is 1.02 bits per heavy atom. The van der Waals surface area contributed by atoms with E-state index < -0.39 is 10.0 Å². The highest BCUT2D eigenvalue weighted by Gasteiger charge is 2.31. The van der Waals surface area contributed by atoms with E-state index in [1.807, 2.05) is 42.5 Å². The zero-order valence-electron chi connectivity index (χ0n) is 22.7. The van der Waals surface area contributed by atoms with Gasteiger partial charge in [-0.25, -0.2) is 13.4 Å². The number of fused-ring (bicyclic) bond motifs is 2. The number of carbonyl (C=O) groups is 1. The number of carbonyl (C=O) groups excluding carboxylic acids is 1. The zero-order valence-corrected chi connectivity index (χ0v) is 25.2. The predicted molar refractivity (Wildman–Crippen MR) is 164 cm³/mol. The second-order valence-electron chi connectivity index (χ2n) is 9.29. The molecule has 5 rings (SSSR count). The Morgan fingerprint density at radius 2 is 1.75 bits per heavy atom. The summed E-state index contributed by atoms with van der Waals surface area (Å²) in [5, 5.41) is 0.598. The molecule has 212 valence electrons. The molecule has 0 atom stereocenters. The Labute approximate surface area is 245 Å². The minimum atomic E-state index is -3.74. The summed E-state index contributed by atoms with van der Waals surface area (Å²) in [4.78, 5) is 22.7. The fourth-order valence-electron chi connectivity index (χ4n) is 4.81. The van der Waals surface area contributed by atoms with Gasteiger partial charge in [-0.2, -0.15) is 0 Å². The van der Waals surface area contributed by atoms with E-state index in [-0.39, 0.29) is 23.2 Å². The van der Waals surface area contributed by atoms with Gasteiger partial charge in [0, 0.05) is 25.2 Å². The summed E-state index contributed by atoms with van der Waals surface area (Å²) in [7, 11) is -2.12. The van der Waals surface area contributed by atoms with Crippen LogP contribution in [0.5, 0.6) is 5.75 Å². The molecule has 1 aromatic heterocycles. The highest BCUT2D eigenvalue weighted by molar-refractivity contribution is 7.92. The lowest BCUT2D eigenvalue weighted by Crippen LogP contribution is -2.39. The van der Waals surface area contributed by atoms with Gasteiger partial charge in [0.2, 0.25) is 0 Å². The van der Waals surface area contributed by atoms with Crippen LogP contribution in [0.4, 0.5) is 10.8 Å². The lowest BCUT2D eigenvalue weighted by atomic mass is 10.2. The van der Waals surface area contributed by atoms with Gasteiger partial charge in [0.1, 0.15) is 5.75 Å². The van der Waals surface area contributed by atoms with Crippen molar-refractivity contribution >= 4 is 60.7 Å². The largest absolute Gasteiger partial charge is 0.497 e. The molecule has 0 unspecified atom stereocenters. The lowest BCUT2D eigenvalue weighted by Gasteiger charge is -2.25. The topological polar surface area (TPSA) is 83.1 Å². The number of halogens is 1. The fraction of sp³-hybridized carbons (Fsp3) is 0.310. The maximum Gasteiger partial charge on any atom is 0.264 e. The molecule has 0 N–H and O–H groups in total. The van der Waals surface area contributed by atoms with E-state index in [2.05, 4.69) is 18.7 Å². The molecule has 40 heavy (non-hydrogen) atoms. The molecular weight excluding hydrogens is 568 g/mol. The molecule has 0 radical (unpaired) electrons. The van der Waals surface area contributed by atoms with Gasteiger partial charge in [0.25, 0.3) is 15.9 Å². The first-order valence-corrected chi connectivity index (χ1v) is 15.3. The first-order valence-electron chi connectivity index (χ1n) is 13.0. The average molecular weight is 601 g/mol. The van der Waals surface area contributed by atoms with Crippen molar-refractivity contribution in [2.24, 2.45) is 0 Å². The van der Waals surface area contributed by atoms with Gasteiger partial charge in [-0.3, -0.25) is 14.0 Å². The van der Waals surface area contributed by atoms with E-state index in [0.29, 0.717) is 42.4 Å². The smallest absolute Gasteiger partial charge is 0.264 e. The molecule has 11 heteroatoms. The number of anilines is 2. The molecule has 8 nitrogen and oxygen atoms in total. The van der Waals surface area contributed by atoms with Gasteiger partial charge >= 0.3 is 0 Å². The normalized spacial score (nSPS) is 12.8. The van der Waals surface area contributed by atoms with Crippen molar-refractivity contribution < 1.29 is 17.9 Å². The van der Waals surface area contributed by atoms with Crippen molar-refractivity contribution in [2.45, 2.75) is 25.2 Å². The summed E-state index contributed by atoms with van der Waals surface area (Å²) in [6, 6.07) is 19.4. The third-order valence-corrected chi connectivity index (χ3v) is 10.00. The number of rotatable bonds is 10. The van der Waals surface area contributed by atoms with Crippen molar-refractivity contribution in [1.82, 2.24) is 9.88 Å². The third-order valence-electron chi connectivity index (χ3n) is 7.13. The Hall–Kier alpha value is -3.18. The van der Waals surface area contributed by atoms with Gasteiger partial charge in [0.15, 0.2) is 5.13 Å². The molecule has 0 saturated heterocycles. The number of nitrogens with zero attached hydrogens (tertiary/aromatic N) is 4. The van der Waals surface area contributed by atoms with Crippen LogP contribution in [-0.4, -0.2) is 64.0 Å². The number of methoxy groups -OCH3 is 1. The van der Waals surface area contributed by atoms with Gasteiger partial charge in [-0.15, -0.1) is 12.4 Å². The molecule has 1 aliphatic rings. The minimum Gasteiger partial charge on any atom is -0.497 e. The molecule has 0 spiro atoms. The van der Waals surface area contributed by atoms with Gasteiger partial charge < -0.3 is 9.64 Å². The Bertz CT molecular complexity index is 1590. The summed E-state index contributed by atoms with van der Waals surface area (Å²) in [6.45, 7) is 7.50. The lowest BCUT2D eigenvalue weighted by molar-refractivity contribution is 0.0983. The standard InChI is InChI=1S/C29H32N4O4S2.ClH/c1-4-31(5-2)18-19-32(29-30-25-15-12-23(37-3)20-27(25)38-29)28(34)22-10-13-24(14-11-22)39(35,36)33-17-16-21-8-6-7-9-26(21)33;/h6-15,20H,4-5,16-19H2,1-3H3;1H. The summed E-state index contributed by atoms with van der Waals surface area (Å²) in [5.74, 6) is 0.514. The average Bonchev–Trinajstić information content (AvgIpc) is 3.59. The molecule has 3 aromatic carbocycles. The van der Waals surface area contributed by atoms with Crippen LogP contribution in [0, 0.1) is 0 Å². The number of benzene rings is 3. The molecule has 0 fully saturated rings. The first-order chi connectivity index (χ1) is 18.8.